The van der Waals surface area contributed by atoms with E-state index in [1.54, 1.807) is 18.2 Å². The highest BCUT2D eigenvalue weighted by molar-refractivity contribution is 5.93. The number of benzene rings is 2. The number of primary amides is 1. The highest BCUT2D eigenvalue weighted by Gasteiger charge is 2.05. The van der Waals surface area contributed by atoms with Crippen molar-refractivity contribution in [1.29, 1.82) is 5.26 Å². The molecule has 0 saturated heterocycles. The van der Waals surface area contributed by atoms with E-state index in [4.69, 9.17) is 11.0 Å². The Morgan fingerprint density at radius 3 is 2.68 bits per heavy atom. The van der Waals surface area contributed by atoms with E-state index < -0.39 is 11.7 Å². The molecule has 2 aromatic carbocycles. The van der Waals surface area contributed by atoms with Gasteiger partial charge in [0.1, 0.15) is 5.82 Å². The van der Waals surface area contributed by atoms with Gasteiger partial charge in [-0.3, -0.25) is 4.79 Å². The van der Waals surface area contributed by atoms with Gasteiger partial charge in [0, 0.05) is 11.3 Å². The van der Waals surface area contributed by atoms with Gasteiger partial charge in [-0.25, -0.2) is 4.39 Å². The van der Waals surface area contributed by atoms with E-state index in [1.165, 1.54) is 18.2 Å². The summed E-state index contributed by atoms with van der Waals surface area (Å²) in [5.41, 5.74) is 6.51. The first-order valence-electron chi connectivity index (χ1n) is 5.46. The largest absolute Gasteiger partial charge is 0.366 e. The van der Waals surface area contributed by atoms with Crippen molar-refractivity contribution in [2.24, 2.45) is 5.73 Å². The molecule has 5 heteroatoms. The Morgan fingerprint density at radius 1 is 1.26 bits per heavy atom. The van der Waals surface area contributed by atoms with Gasteiger partial charge < -0.3 is 11.1 Å². The molecule has 3 N–H and O–H groups in total. The molecule has 0 aromatic heterocycles. The fourth-order valence-corrected chi connectivity index (χ4v) is 1.59. The molecule has 0 spiro atoms. The van der Waals surface area contributed by atoms with Gasteiger partial charge in [0.05, 0.1) is 17.3 Å². The van der Waals surface area contributed by atoms with E-state index in [9.17, 15) is 9.18 Å². The van der Waals surface area contributed by atoms with Crippen LogP contribution >= 0.6 is 0 Å². The van der Waals surface area contributed by atoms with E-state index >= 15 is 0 Å². The summed E-state index contributed by atoms with van der Waals surface area (Å²) in [6.45, 7) is 0. The number of carbonyl (C=O) groups is 1. The van der Waals surface area contributed by atoms with E-state index in [1.807, 2.05) is 6.07 Å². The molecule has 0 aliphatic rings. The molecule has 0 aliphatic heterocycles. The first-order chi connectivity index (χ1) is 9.10. The maximum Gasteiger partial charge on any atom is 0.248 e. The molecule has 0 unspecified atom stereocenters. The van der Waals surface area contributed by atoms with Gasteiger partial charge in [0.15, 0.2) is 0 Å². The minimum absolute atomic E-state index is 0.223. The van der Waals surface area contributed by atoms with Crippen molar-refractivity contribution < 1.29 is 9.18 Å². The third-order valence-electron chi connectivity index (χ3n) is 2.52. The van der Waals surface area contributed by atoms with Crippen molar-refractivity contribution in [2.75, 3.05) is 5.32 Å². The number of nitriles is 1. The van der Waals surface area contributed by atoms with Crippen molar-refractivity contribution in [1.82, 2.24) is 0 Å². The fourth-order valence-electron chi connectivity index (χ4n) is 1.59. The standard InChI is InChI=1S/C14H10FN3O/c15-12-6-9(8-16)4-5-13(12)18-11-3-1-2-10(7-11)14(17)19/h1-7,18H,(H2,17,19). The number of nitrogens with zero attached hydrogens (tertiary/aromatic N) is 1. The summed E-state index contributed by atoms with van der Waals surface area (Å²) in [7, 11) is 0. The number of hydrogen-bond donors (Lipinski definition) is 2. The topological polar surface area (TPSA) is 78.9 Å². The summed E-state index contributed by atoms with van der Waals surface area (Å²) in [5, 5.41) is 11.5. The number of nitrogens with one attached hydrogen (secondary N) is 1. The Hall–Kier alpha value is -2.87. The molecular formula is C14H10FN3O. The lowest BCUT2D eigenvalue weighted by Gasteiger charge is -2.08. The van der Waals surface area contributed by atoms with Crippen LogP contribution in [0.1, 0.15) is 15.9 Å². The highest BCUT2D eigenvalue weighted by Crippen LogP contribution is 2.21. The number of carbonyl (C=O) groups excluding carboxylic acids is 1. The van der Waals surface area contributed by atoms with Crippen LogP contribution in [0, 0.1) is 17.1 Å². The highest BCUT2D eigenvalue weighted by atomic mass is 19.1. The van der Waals surface area contributed by atoms with Crippen LogP contribution < -0.4 is 11.1 Å². The number of anilines is 2. The van der Waals surface area contributed by atoms with Crippen LogP contribution in [0.5, 0.6) is 0 Å². The zero-order chi connectivity index (χ0) is 13.8. The van der Waals surface area contributed by atoms with E-state index in [2.05, 4.69) is 5.32 Å². The number of amides is 1. The first kappa shape index (κ1) is 12.6. The second-order valence-electron chi connectivity index (χ2n) is 3.88. The molecule has 0 atom stereocenters. The average molecular weight is 255 g/mol. The van der Waals surface area contributed by atoms with Crippen molar-refractivity contribution in [2.45, 2.75) is 0 Å². The van der Waals surface area contributed by atoms with Crippen LogP contribution in [0.4, 0.5) is 15.8 Å². The lowest BCUT2D eigenvalue weighted by atomic mass is 10.1. The third kappa shape index (κ3) is 2.87. The Morgan fingerprint density at radius 2 is 2.05 bits per heavy atom. The van der Waals surface area contributed by atoms with Crippen LogP contribution in [0.3, 0.4) is 0 Å². The Labute approximate surface area is 109 Å². The second-order valence-corrected chi connectivity index (χ2v) is 3.88. The molecule has 0 radical (unpaired) electrons. The molecule has 0 bridgehead atoms. The van der Waals surface area contributed by atoms with Gasteiger partial charge in [-0.2, -0.15) is 5.26 Å². The molecule has 4 nitrogen and oxygen atoms in total. The van der Waals surface area contributed by atoms with Crippen molar-refractivity contribution in [3.05, 3.63) is 59.4 Å². The zero-order valence-electron chi connectivity index (χ0n) is 9.85. The van der Waals surface area contributed by atoms with Gasteiger partial charge in [0.2, 0.25) is 5.91 Å². The summed E-state index contributed by atoms with van der Waals surface area (Å²) in [4.78, 5) is 11.0. The smallest absolute Gasteiger partial charge is 0.248 e. The summed E-state index contributed by atoms with van der Waals surface area (Å²) in [6, 6.07) is 12.4. The van der Waals surface area contributed by atoms with Crippen molar-refractivity contribution >= 4 is 17.3 Å². The molecule has 0 heterocycles. The van der Waals surface area contributed by atoms with Gasteiger partial charge in [-0.1, -0.05) is 6.07 Å². The summed E-state index contributed by atoms with van der Waals surface area (Å²) in [6.07, 6.45) is 0. The van der Waals surface area contributed by atoms with Crippen LogP contribution in [0.25, 0.3) is 0 Å². The summed E-state index contributed by atoms with van der Waals surface area (Å²) in [5.74, 6) is -1.09. The SMILES string of the molecule is N#Cc1ccc(Nc2cccc(C(N)=O)c2)c(F)c1. The zero-order valence-corrected chi connectivity index (χ0v) is 9.85. The summed E-state index contributed by atoms with van der Waals surface area (Å²) >= 11 is 0. The Balaban J connectivity index is 2.29. The molecule has 2 aromatic rings. The normalized spacial score (nSPS) is 9.68. The molecule has 0 fully saturated rings. The quantitative estimate of drug-likeness (QED) is 0.884. The predicted octanol–water partition coefficient (Wildman–Crippen LogP) is 2.54. The molecule has 0 saturated carbocycles. The third-order valence-corrected chi connectivity index (χ3v) is 2.52. The molecule has 1 amide bonds. The van der Waals surface area contributed by atoms with Crippen LogP contribution in [-0.2, 0) is 0 Å². The molecular weight excluding hydrogens is 245 g/mol. The molecule has 19 heavy (non-hydrogen) atoms. The first-order valence-corrected chi connectivity index (χ1v) is 5.46. The van der Waals surface area contributed by atoms with Crippen molar-refractivity contribution in [3.63, 3.8) is 0 Å². The Bertz CT molecular complexity index is 677. The number of hydrogen-bond acceptors (Lipinski definition) is 3. The van der Waals surface area contributed by atoms with E-state index in [0.717, 1.165) is 6.07 Å². The van der Waals surface area contributed by atoms with E-state index in [-0.39, 0.29) is 11.3 Å². The van der Waals surface area contributed by atoms with E-state index in [0.29, 0.717) is 11.3 Å². The number of halogens is 1. The lowest BCUT2D eigenvalue weighted by Crippen LogP contribution is -2.10. The van der Waals surface area contributed by atoms with Gasteiger partial charge >= 0.3 is 0 Å². The molecule has 0 aliphatic carbocycles. The Kier molecular flexibility index (Phi) is 3.44. The number of nitrogens with two attached hydrogens (primary N) is 1. The monoisotopic (exact) mass is 255 g/mol. The van der Waals surface area contributed by atoms with Gasteiger partial charge in [0.25, 0.3) is 0 Å². The average Bonchev–Trinajstić information content (AvgIpc) is 2.41. The van der Waals surface area contributed by atoms with Crippen LogP contribution in [-0.4, -0.2) is 5.91 Å². The van der Waals surface area contributed by atoms with Crippen LogP contribution in [0.2, 0.25) is 0 Å². The predicted molar refractivity (Wildman–Crippen MR) is 69.4 cm³/mol. The minimum atomic E-state index is -0.552. The number of rotatable bonds is 3. The van der Waals surface area contributed by atoms with Crippen LogP contribution in [0.15, 0.2) is 42.5 Å². The van der Waals surface area contributed by atoms with Gasteiger partial charge in [-0.05, 0) is 36.4 Å². The molecule has 2 rings (SSSR count). The second kappa shape index (κ2) is 5.19. The fraction of sp³-hybridized carbons (Fsp3) is 0. The summed E-state index contributed by atoms with van der Waals surface area (Å²) < 4.78 is 13.7. The van der Waals surface area contributed by atoms with Gasteiger partial charge in [-0.15, -0.1) is 0 Å². The lowest BCUT2D eigenvalue weighted by molar-refractivity contribution is 0.100. The maximum atomic E-state index is 13.7. The van der Waals surface area contributed by atoms with Crippen molar-refractivity contribution in [3.8, 4) is 6.07 Å². The molecule has 94 valence electrons. The minimum Gasteiger partial charge on any atom is -0.366 e. The maximum absolute atomic E-state index is 13.7.